The summed E-state index contributed by atoms with van der Waals surface area (Å²) in [4.78, 5) is 14.9. The average Bonchev–Trinajstić information content (AvgIpc) is 2.22. The highest BCUT2D eigenvalue weighted by Crippen LogP contribution is 1.99. The second kappa shape index (κ2) is 5.14. The summed E-state index contributed by atoms with van der Waals surface area (Å²) < 4.78 is 1.42. The molecule has 0 saturated heterocycles. The Morgan fingerprint density at radius 2 is 2.47 bits per heavy atom. The Morgan fingerprint density at radius 3 is 3.00 bits per heavy atom. The van der Waals surface area contributed by atoms with Crippen LogP contribution in [0.5, 0.6) is 0 Å². The second-order valence-electron chi connectivity index (χ2n) is 3.02. The van der Waals surface area contributed by atoms with Crippen LogP contribution in [-0.2, 0) is 6.54 Å². The Kier molecular flexibility index (Phi) is 3.85. The molecule has 0 aromatic carbocycles. The summed E-state index contributed by atoms with van der Waals surface area (Å²) in [5.74, 6) is 0.206. The number of nitrogens with two attached hydrogens (primary N) is 1. The Balaban J connectivity index is 2.74. The van der Waals surface area contributed by atoms with E-state index in [0.29, 0.717) is 18.5 Å². The van der Waals surface area contributed by atoms with Crippen molar-refractivity contribution in [3.63, 3.8) is 0 Å². The third-order valence-corrected chi connectivity index (χ3v) is 1.99. The first kappa shape index (κ1) is 11.2. The van der Waals surface area contributed by atoms with Crippen molar-refractivity contribution in [1.29, 1.82) is 0 Å². The number of rotatable bonds is 4. The number of anilines is 1. The van der Waals surface area contributed by atoms with Gasteiger partial charge in [0.2, 0.25) is 0 Å². The van der Waals surface area contributed by atoms with Gasteiger partial charge in [-0.05, 0) is 18.1 Å². The summed E-state index contributed by atoms with van der Waals surface area (Å²) in [6.07, 6.45) is 2.09. The number of hydrogen-bond donors (Lipinski definition) is 2. The van der Waals surface area contributed by atoms with Crippen molar-refractivity contribution in [1.82, 2.24) is 9.55 Å². The van der Waals surface area contributed by atoms with Gasteiger partial charge in [-0.25, -0.2) is 4.79 Å². The van der Waals surface area contributed by atoms with Crippen LogP contribution in [0.1, 0.15) is 6.42 Å². The zero-order valence-electron chi connectivity index (χ0n) is 8.31. The summed E-state index contributed by atoms with van der Waals surface area (Å²) in [6.45, 7) is 3.77. The minimum absolute atomic E-state index is 0.0966. The molecule has 1 rings (SSSR count). The molecule has 1 heterocycles. The molecule has 5 nitrogen and oxygen atoms in total. The first-order valence-corrected chi connectivity index (χ1v) is 4.49. The van der Waals surface area contributed by atoms with E-state index in [9.17, 15) is 4.79 Å². The van der Waals surface area contributed by atoms with Crippen LogP contribution in [0.3, 0.4) is 0 Å². The summed E-state index contributed by atoms with van der Waals surface area (Å²) in [7, 11) is 0. The monoisotopic (exact) mass is 207 g/mol. The predicted octanol–water partition coefficient (Wildman–Crippen LogP) is -0.0808. The van der Waals surface area contributed by atoms with Gasteiger partial charge in [-0.2, -0.15) is 4.98 Å². The number of hydrogen-bond acceptors (Lipinski definition) is 4. The van der Waals surface area contributed by atoms with E-state index in [1.54, 1.807) is 12.3 Å². The van der Waals surface area contributed by atoms with Crippen molar-refractivity contribution < 1.29 is 5.11 Å². The largest absolute Gasteiger partial charge is 0.391 e. The molecular weight excluding hydrogens is 194 g/mol. The third-order valence-electron chi connectivity index (χ3n) is 1.99. The average molecular weight is 207 g/mol. The number of aromatic nitrogens is 2. The van der Waals surface area contributed by atoms with Gasteiger partial charge in [0.15, 0.2) is 0 Å². The summed E-state index contributed by atoms with van der Waals surface area (Å²) in [5, 5.41) is 8.85. The molecule has 0 radical (unpaired) electrons. The van der Waals surface area contributed by atoms with Crippen molar-refractivity contribution in [2.45, 2.75) is 13.0 Å². The molecule has 0 spiro atoms. The lowest BCUT2D eigenvalue weighted by Crippen LogP contribution is -2.23. The Morgan fingerprint density at radius 1 is 1.73 bits per heavy atom. The standard InChI is InChI=1S/C10H13N3O2/c1-2-8(7-14)3-5-13-6-4-9(11)12-10(13)15/h4,6,14H,1,3,5,7H2,(H2,11,12,15). The highest BCUT2D eigenvalue weighted by Gasteiger charge is 1.99. The van der Waals surface area contributed by atoms with Gasteiger partial charge in [-0.1, -0.05) is 6.58 Å². The van der Waals surface area contributed by atoms with E-state index in [4.69, 9.17) is 10.8 Å². The van der Waals surface area contributed by atoms with Crippen molar-refractivity contribution in [2.24, 2.45) is 0 Å². The van der Waals surface area contributed by atoms with E-state index in [2.05, 4.69) is 17.3 Å². The normalized spacial score (nSPS) is 9.67. The minimum Gasteiger partial charge on any atom is -0.391 e. The quantitative estimate of drug-likeness (QED) is 0.676. The van der Waals surface area contributed by atoms with Gasteiger partial charge in [0, 0.05) is 12.7 Å². The molecular formula is C10H13N3O2. The van der Waals surface area contributed by atoms with Gasteiger partial charge in [0.05, 0.1) is 6.61 Å². The summed E-state index contributed by atoms with van der Waals surface area (Å²) >= 11 is 0. The SMILES string of the molecule is C=C=C(CO)CCn1ccc(N)nc1=O. The molecule has 0 fully saturated rings. The molecule has 3 N–H and O–H groups in total. The topological polar surface area (TPSA) is 81.1 Å². The van der Waals surface area contributed by atoms with E-state index in [1.807, 2.05) is 0 Å². The van der Waals surface area contributed by atoms with E-state index in [1.165, 1.54) is 4.57 Å². The van der Waals surface area contributed by atoms with Crippen LogP contribution < -0.4 is 11.4 Å². The Bertz CT molecular complexity index is 444. The number of nitrogen functional groups attached to an aromatic ring is 1. The maximum atomic E-state index is 11.3. The zero-order valence-corrected chi connectivity index (χ0v) is 8.31. The van der Waals surface area contributed by atoms with Crippen LogP contribution >= 0.6 is 0 Å². The van der Waals surface area contributed by atoms with Crippen LogP contribution in [0.4, 0.5) is 5.82 Å². The molecule has 5 heteroatoms. The first-order chi connectivity index (χ1) is 7.17. The summed E-state index contributed by atoms with van der Waals surface area (Å²) in [6, 6.07) is 1.55. The molecule has 0 aliphatic rings. The highest BCUT2D eigenvalue weighted by molar-refractivity contribution is 5.23. The molecule has 1 aromatic heterocycles. The minimum atomic E-state index is -0.392. The van der Waals surface area contributed by atoms with Gasteiger partial charge in [0.1, 0.15) is 5.82 Å². The van der Waals surface area contributed by atoms with Crippen molar-refractivity contribution in [3.05, 3.63) is 40.6 Å². The van der Waals surface area contributed by atoms with Gasteiger partial charge >= 0.3 is 5.69 Å². The van der Waals surface area contributed by atoms with Crippen LogP contribution in [0, 0.1) is 0 Å². The van der Waals surface area contributed by atoms with E-state index in [-0.39, 0.29) is 12.4 Å². The number of aliphatic hydroxyl groups excluding tert-OH is 1. The lowest BCUT2D eigenvalue weighted by molar-refractivity contribution is 0.325. The second-order valence-corrected chi connectivity index (χ2v) is 3.02. The van der Waals surface area contributed by atoms with Crippen molar-refractivity contribution in [3.8, 4) is 0 Å². The molecule has 0 bridgehead atoms. The van der Waals surface area contributed by atoms with Gasteiger partial charge in [-0.3, -0.25) is 4.57 Å². The predicted molar refractivity (Wildman–Crippen MR) is 57.3 cm³/mol. The molecule has 1 aromatic rings. The number of aliphatic hydroxyl groups is 1. The lowest BCUT2D eigenvalue weighted by atomic mass is 10.2. The van der Waals surface area contributed by atoms with Crippen LogP contribution in [-0.4, -0.2) is 21.3 Å². The molecule has 15 heavy (non-hydrogen) atoms. The van der Waals surface area contributed by atoms with Crippen molar-refractivity contribution in [2.75, 3.05) is 12.3 Å². The van der Waals surface area contributed by atoms with Crippen LogP contribution in [0.15, 0.2) is 34.9 Å². The van der Waals surface area contributed by atoms with Gasteiger partial charge in [0.25, 0.3) is 0 Å². The maximum Gasteiger partial charge on any atom is 0.349 e. The van der Waals surface area contributed by atoms with Crippen molar-refractivity contribution >= 4 is 5.82 Å². The van der Waals surface area contributed by atoms with Crippen LogP contribution in [0.25, 0.3) is 0 Å². The van der Waals surface area contributed by atoms with Gasteiger partial charge < -0.3 is 10.8 Å². The third kappa shape index (κ3) is 3.09. The molecule has 0 amide bonds. The molecule has 0 saturated carbocycles. The number of nitrogens with zero attached hydrogens (tertiary/aromatic N) is 2. The van der Waals surface area contributed by atoms with E-state index in [0.717, 1.165) is 0 Å². The molecule has 0 unspecified atom stereocenters. The molecule has 0 aliphatic heterocycles. The fraction of sp³-hybridized carbons (Fsp3) is 0.300. The zero-order chi connectivity index (χ0) is 11.3. The van der Waals surface area contributed by atoms with E-state index >= 15 is 0 Å². The molecule has 0 aliphatic carbocycles. The fourth-order valence-corrected chi connectivity index (χ4v) is 1.09. The maximum absolute atomic E-state index is 11.3. The number of aryl methyl sites for hydroxylation is 1. The Hall–Kier alpha value is -1.84. The smallest absolute Gasteiger partial charge is 0.349 e. The lowest BCUT2D eigenvalue weighted by Gasteiger charge is -2.04. The molecule has 0 atom stereocenters. The van der Waals surface area contributed by atoms with E-state index < -0.39 is 5.69 Å². The highest BCUT2D eigenvalue weighted by atomic mass is 16.3. The van der Waals surface area contributed by atoms with Gasteiger partial charge in [-0.15, -0.1) is 5.73 Å². The van der Waals surface area contributed by atoms with Crippen LogP contribution in [0.2, 0.25) is 0 Å². The summed E-state index contributed by atoms with van der Waals surface area (Å²) in [5.41, 5.74) is 8.23. The molecule has 80 valence electrons. The fourth-order valence-electron chi connectivity index (χ4n) is 1.09. The first-order valence-electron chi connectivity index (χ1n) is 4.49. The Labute approximate surface area is 87.2 Å².